The Kier molecular flexibility index (Phi) is 6.69. The van der Waals surface area contributed by atoms with Gasteiger partial charge in [-0.15, -0.1) is 0 Å². The first-order valence-corrected chi connectivity index (χ1v) is 9.60. The molecule has 2 amide bonds. The lowest BCUT2D eigenvalue weighted by Crippen LogP contribution is -2.40. The summed E-state index contributed by atoms with van der Waals surface area (Å²) in [5.74, 6) is 2.78. The van der Waals surface area contributed by atoms with E-state index in [-0.39, 0.29) is 6.03 Å². The van der Waals surface area contributed by atoms with Gasteiger partial charge in [0.25, 0.3) is 0 Å². The number of carbonyl (C=O) groups excluding carboxylic acids is 1. The van der Waals surface area contributed by atoms with Gasteiger partial charge < -0.3 is 29.2 Å². The van der Waals surface area contributed by atoms with Crippen molar-refractivity contribution in [3.63, 3.8) is 0 Å². The Morgan fingerprint density at radius 1 is 0.897 bits per heavy atom. The van der Waals surface area contributed by atoms with Crippen LogP contribution in [0.3, 0.4) is 0 Å². The number of carbonyl (C=O) groups is 1. The van der Waals surface area contributed by atoms with Crippen LogP contribution in [0.25, 0.3) is 0 Å². The molecule has 1 aliphatic rings. The maximum absolute atomic E-state index is 12.8. The molecule has 1 N–H and O–H groups in total. The van der Waals surface area contributed by atoms with E-state index in [4.69, 9.17) is 18.9 Å². The van der Waals surface area contributed by atoms with E-state index in [9.17, 15) is 4.79 Å². The number of hydrogen-bond donors (Lipinski definition) is 1. The highest BCUT2D eigenvalue weighted by molar-refractivity contribution is 5.90. The van der Waals surface area contributed by atoms with Crippen LogP contribution in [0, 0.1) is 0 Å². The first-order valence-electron chi connectivity index (χ1n) is 9.60. The summed E-state index contributed by atoms with van der Waals surface area (Å²) in [6, 6.07) is 11.4. The highest BCUT2D eigenvalue weighted by Gasteiger charge is 2.26. The maximum Gasteiger partial charge on any atom is 0.321 e. The van der Waals surface area contributed by atoms with Crippen LogP contribution in [-0.4, -0.2) is 52.5 Å². The third kappa shape index (κ3) is 4.50. The van der Waals surface area contributed by atoms with Crippen molar-refractivity contribution in [2.24, 2.45) is 0 Å². The lowest BCUT2D eigenvalue weighted by Gasteiger charge is -2.32. The number of nitrogens with zero attached hydrogens (tertiary/aromatic N) is 1. The lowest BCUT2D eigenvalue weighted by atomic mass is 9.89. The monoisotopic (exact) mass is 400 g/mol. The molecule has 0 unspecified atom stereocenters. The molecule has 0 aromatic heterocycles. The van der Waals surface area contributed by atoms with Crippen LogP contribution in [0.15, 0.2) is 36.4 Å². The highest BCUT2D eigenvalue weighted by atomic mass is 16.5. The molecule has 0 aliphatic carbocycles. The summed E-state index contributed by atoms with van der Waals surface area (Å²) in [7, 11) is 6.33. The molecule has 0 spiro atoms. The second-order valence-corrected chi connectivity index (χ2v) is 6.85. The first-order chi connectivity index (χ1) is 14.1. The van der Waals surface area contributed by atoms with Crippen molar-refractivity contribution in [3.05, 3.63) is 42.0 Å². The van der Waals surface area contributed by atoms with Crippen molar-refractivity contribution >= 4 is 11.7 Å². The number of piperidine rings is 1. The Balaban J connectivity index is 1.66. The summed E-state index contributed by atoms with van der Waals surface area (Å²) in [6.45, 7) is 1.36. The van der Waals surface area contributed by atoms with Gasteiger partial charge in [0.2, 0.25) is 5.75 Å². The molecular formula is C22H28N2O5. The summed E-state index contributed by atoms with van der Waals surface area (Å²) in [4.78, 5) is 14.6. The van der Waals surface area contributed by atoms with Crippen LogP contribution in [0.2, 0.25) is 0 Å². The number of amides is 2. The van der Waals surface area contributed by atoms with E-state index in [2.05, 4.69) is 11.4 Å². The zero-order valence-corrected chi connectivity index (χ0v) is 17.4. The average Bonchev–Trinajstić information content (AvgIpc) is 2.78. The van der Waals surface area contributed by atoms with Crippen molar-refractivity contribution < 1.29 is 23.7 Å². The molecule has 2 aromatic rings. The third-order valence-electron chi connectivity index (χ3n) is 5.28. The molecule has 3 rings (SSSR count). The molecule has 0 atom stereocenters. The Labute approximate surface area is 171 Å². The molecule has 0 radical (unpaired) electrons. The SMILES string of the molecule is COc1ccccc1C1CCN(C(=O)Nc2cc(OC)c(OC)c(OC)c2)CC1. The second kappa shape index (κ2) is 9.41. The number of urea groups is 1. The zero-order chi connectivity index (χ0) is 20.8. The number of anilines is 1. The summed E-state index contributed by atoms with van der Waals surface area (Å²) in [5, 5.41) is 2.94. The van der Waals surface area contributed by atoms with Gasteiger partial charge in [-0.1, -0.05) is 18.2 Å². The fourth-order valence-electron chi connectivity index (χ4n) is 3.75. The van der Waals surface area contributed by atoms with Crippen LogP contribution in [0.4, 0.5) is 10.5 Å². The topological polar surface area (TPSA) is 69.3 Å². The Hall–Kier alpha value is -3.09. The van der Waals surface area contributed by atoms with E-state index in [0.29, 0.717) is 41.9 Å². The number of likely N-dealkylation sites (tertiary alicyclic amines) is 1. The third-order valence-corrected chi connectivity index (χ3v) is 5.28. The summed E-state index contributed by atoms with van der Waals surface area (Å²) >= 11 is 0. The van der Waals surface area contributed by atoms with Gasteiger partial charge in [-0.3, -0.25) is 0 Å². The number of ether oxygens (including phenoxy) is 4. The molecule has 1 aliphatic heterocycles. The van der Waals surface area contributed by atoms with E-state index in [0.717, 1.165) is 18.6 Å². The Bertz CT molecular complexity index is 822. The average molecular weight is 400 g/mol. The van der Waals surface area contributed by atoms with Gasteiger partial charge in [-0.25, -0.2) is 4.79 Å². The van der Waals surface area contributed by atoms with Crippen LogP contribution in [-0.2, 0) is 0 Å². The van der Waals surface area contributed by atoms with E-state index in [1.54, 1.807) is 40.6 Å². The molecule has 29 heavy (non-hydrogen) atoms. The van der Waals surface area contributed by atoms with Gasteiger partial charge in [0, 0.05) is 25.2 Å². The minimum absolute atomic E-state index is 0.141. The molecule has 0 saturated carbocycles. The number of nitrogens with one attached hydrogen (secondary N) is 1. The van der Waals surface area contributed by atoms with Crippen LogP contribution in [0.1, 0.15) is 24.3 Å². The molecule has 2 aromatic carbocycles. The van der Waals surface area contributed by atoms with Crippen molar-refractivity contribution in [3.8, 4) is 23.0 Å². The molecule has 0 bridgehead atoms. The summed E-state index contributed by atoms with van der Waals surface area (Å²) < 4.78 is 21.5. The summed E-state index contributed by atoms with van der Waals surface area (Å²) in [5.41, 5.74) is 1.80. The van der Waals surface area contributed by atoms with E-state index in [1.807, 2.05) is 23.1 Å². The van der Waals surface area contributed by atoms with E-state index in [1.165, 1.54) is 5.56 Å². The summed E-state index contributed by atoms with van der Waals surface area (Å²) in [6.07, 6.45) is 1.78. The standard InChI is InChI=1S/C22H28N2O5/c1-26-18-8-6-5-7-17(18)15-9-11-24(12-10-15)22(25)23-16-13-19(27-2)21(29-4)20(14-16)28-3/h5-8,13-15H,9-12H2,1-4H3,(H,23,25). The van der Waals surface area contributed by atoms with Crippen molar-refractivity contribution in [1.29, 1.82) is 0 Å². The van der Waals surface area contributed by atoms with Crippen LogP contribution >= 0.6 is 0 Å². The largest absolute Gasteiger partial charge is 0.496 e. The molecule has 156 valence electrons. The van der Waals surface area contributed by atoms with Gasteiger partial charge in [0.05, 0.1) is 34.1 Å². The molecule has 7 heteroatoms. The van der Waals surface area contributed by atoms with Crippen molar-refractivity contribution in [1.82, 2.24) is 4.90 Å². The van der Waals surface area contributed by atoms with E-state index >= 15 is 0 Å². The Morgan fingerprint density at radius 2 is 1.48 bits per heavy atom. The molecular weight excluding hydrogens is 372 g/mol. The number of rotatable bonds is 6. The second-order valence-electron chi connectivity index (χ2n) is 6.85. The molecule has 1 saturated heterocycles. The Morgan fingerprint density at radius 3 is 2.03 bits per heavy atom. The lowest BCUT2D eigenvalue weighted by molar-refractivity contribution is 0.194. The minimum atomic E-state index is -0.141. The fraction of sp³-hybridized carbons (Fsp3) is 0.409. The first kappa shape index (κ1) is 20.6. The van der Waals surface area contributed by atoms with Crippen LogP contribution < -0.4 is 24.3 Å². The van der Waals surface area contributed by atoms with Crippen LogP contribution in [0.5, 0.6) is 23.0 Å². The van der Waals surface area contributed by atoms with Gasteiger partial charge in [0.15, 0.2) is 11.5 Å². The molecule has 7 nitrogen and oxygen atoms in total. The fourth-order valence-corrected chi connectivity index (χ4v) is 3.75. The van der Waals surface area contributed by atoms with Crippen molar-refractivity contribution in [2.75, 3.05) is 46.8 Å². The quantitative estimate of drug-likeness (QED) is 0.790. The van der Waals surface area contributed by atoms with Gasteiger partial charge >= 0.3 is 6.03 Å². The number of methoxy groups -OCH3 is 4. The zero-order valence-electron chi connectivity index (χ0n) is 17.4. The highest BCUT2D eigenvalue weighted by Crippen LogP contribution is 2.40. The molecule has 1 fully saturated rings. The normalized spacial score (nSPS) is 14.3. The number of benzene rings is 2. The van der Waals surface area contributed by atoms with E-state index < -0.39 is 0 Å². The van der Waals surface area contributed by atoms with Crippen molar-refractivity contribution in [2.45, 2.75) is 18.8 Å². The van der Waals surface area contributed by atoms with Gasteiger partial charge in [-0.05, 0) is 30.4 Å². The maximum atomic E-state index is 12.8. The predicted octanol–water partition coefficient (Wildman–Crippen LogP) is 4.13. The smallest absolute Gasteiger partial charge is 0.321 e. The van der Waals surface area contributed by atoms with Gasteiger partial charge in [0.1, 0.15) is 5.75 Å². The van der Waals surface area contributed by atoms with Gasteiger partial charge in [-0.2, -0.15) is 0 Å². The predicted molar refractivity (Wildman–Crippen MR) is 112 cm³/mol. The molecule has 1 heterocycles. The number of para-hydroxylation sites is 1. The minimum Gasteiger partial charge on any atom is -0.496 e. The number of hydrogen-bond acceptors (Lipinski definition) is 5.